The second kappa shape index (κ2) is 8.63. The highest BCUT2D eigenvalue weighted by molar-refractivity contribution is 6.27. The van der Waals surface area contributed by atoms with Crippen molar-refractivity contribution < 1.29 is 9.15 Å². The first-order chi connectivity index (χ1) is 19.3. The number of fused-ring (bicyclic) bond motifs is 4. The van der Waals surface area contributed by atoms with Crippen molar-refractivity contribution in [2.45, 2.75) is 12.3 Å². The second-order valence-electron chi connectivity index (χ2n) is 10.1. The number of hydrogen-bond acceptors (Lipinski definition) is 4. The van der Waals surface area contributed by atoms with E-state index in [2.05, 4.69) is 108 Å². The fourth-order valence-corrected chi connectivity index (χ4v) is 6.00. The molecule has 2 atom stereocenters. The molecule has 6 aromatic carbocycles. The molecule has 0 spiro atoms. The Kier molecular flexibility index (Phi) is 4.92. The van der Waals surface area contributed by atoms with Gasteiger partial charge in [0.05, 0.1) is 6.20 Å². The van der Waals surface area contributed by atoms with Gasteiger partial charge in [0, 0.05) is 5.56 Å². The molecule has 0 amide bonds. The van der Waals surface area contributed by atoms with Gasteiger partial charge in [0.1, 0.15) is 18.6 Å². The molecule has 1 aliphatic rings. The van der Waals surface area contributed by atoms with E-state index in [1.54, 1.807) is 12.5 Å². The van der Waals surface area contributed by atoms with E-state index in [4.69, 9.17) is 14.9 Å². The Morgan fingerprint density at radius 3 is 2.08 bits per heavy atom. The Labute approximate surface area is 225 Å². The predicted molar refractivity (Wildman–Crippen MR) is 157 cm³/mol. The predicted octanol–water partition coefficient (Wildman–Crippen LogP) is 8.49. The van der Waals surface area contributed by atoms with Crippen molar-refractivity contribution in [1.82, 2.24) is 4.98 Å². The van der Waals surface area contributed by atoms with E-state index in [0.717, 1.165) is 22.3 Å². The maximum atomic E-state index is 6.04. The van der Waals surface area contributed by atoms with Crippen LogP contribution in [0.5, 0.6) is 0 Å². The SMILES string of the molecule is NC1O[C@H]1c1cccc(-c2c3ccccc3c(-c3cccc(-c4ncco4)c3)c3ccc4ccccc4c23)c1. The monoisotopic (exact) mass is 504 g/mol. The zero-order valence-corrected chi connectivity index (χ0v) is 21.0. The van der Waals surface area contributed by atoms with Gasteiger partial charge in [-0.2, -0.15) is 0 Å². The molecule has 8 rings (SSSR count). The zero-order valence-electron chi connectivity index (χ0n) is 21.0. The van der Waals surface area contributed by atoms with Crippen molar-refractivity contribution in [3.63, 3.8) is 0 Å². The maximum absolute atomic E-state index is 6.04. The van der Waals surface area contributed by atoms with E-state index in [0.29, 0.717) is 5.89 Å². The van der Waals surface area contributed by atoms with Crippen LogP contribution in [0.25, 0.3) is 66.0 Å². The molecule has 0 radical (unpaired) electrons. The Bertz CT molecular complexity index is 2030. The molecule has 39 heavy (non-hydrogen) atoms. The average molecular weight is 505 g/mol. The number of epoxide rings is 1. The van der Waals surface area contributed by atoms with Gasteiger partial charge in [0.15, 0.2) is 0 Å². The van der Waals surface area contributed by atoms with E-state index < -0.39 is 0 Å². The standard InChI is InChI=1S/C35H24N2O2/c36-34-33(39-34)24-10-5-9-23(19-24)31-28-14-4-3-13-27(28)30(22-8-6-11-25(20-22)35-37-17-18-38-35)29-16-15-21-7-1-2-12-26(21)32(29)31/h1-20,33-34H,36H2/t33-,34?/m0/s1. The van der Waals surface area contributed by atoms with Gasteiger partial charge in [-0.1, -0.05) is 91.0 Å². The molecule has 7 aromatic rings. The largest absolute Gasteiger partial charge is 0.445 e. The summed E-state index contributed by atoms with van der Waals surface area (Å²) in [7, 11) is 0. The van der Waals surface area contributed by atoms with Crippen LogP contribution >= 0.6 is 0 Å². The van der Waals surface area contributed by atoms with Crippen molar-refractivity contribution in [3.05, 3.63) is 127 Å². The molecule has 186 valence electrons. The van der Waals surface area contributed by atoms with Gasteiger partial charge in [0.2, 0.25) is 5.89 Å². The van der Waals surface area contributed by atoms with Crippen LogP contribution in [0, 0.1) is 0 Å². The summed E-state index contributed by atoms with van der Waals surface area (Å²) in [5, 5.41) is 7.29. The molecule has 0 bridgehead atoms. The lowest BCUT2D eigenvalue weighted by molar-refractivity contribution is 0.377. The molecule has 0 saturated carbocycles. The minimum Gasteiger partial charge on any atom is -0.445 e. The minimum absolute atomic E-state index is 0.0450. The topological polar surface area (TPSA) is 64.6 Å². The van der Waals surface area contributed by atoms with Gasteiger partial charge in [-0.3, -0.25) is 0 Å². The van der Waals surface area contributed by atoms with Gasteiger partial charge < -0.3 is 14.9 Å². The second-order valence-corrected chi connectivity index (χ2v) is 10.1. The first kappa shape index (κ1) is 22.2. The van der Waals surface area contributed by atoms with Gasteiger partial charge in [-0.05, 0) is 78.3 Å². The van der Waals surface area contributed by atoms with Crippen LogP contribution in [0.15, 0.2) is 126 Å². The number of benzene rings is 6. The highest BCUT2D eigenvalue weighted by atomic mass is 16.6. The summed E-state index contributed by atoms with van der Waals surface area (Å²) < 4.78 is 11.3. The molecular formula is C35H24N2O2. The smallest absolute Gasteiger partial charge is 0.225 e. The van der Waals surface area contributed by atoms with E-state index in [1.807, 2.05) is 6.07 Å². The van der Waals surface area contributed by atoms with Crippen molar-refractivity contribution >= 4 is 32.3 Å². The summed E-state index contributed by atoms with van der Waals surface area (Å²) in [4.78, 5) is 4.39. The lowest BCUT2D eigenvalue weighted by Gasteiger charge is -2.20. The number of ether oxygens (including phenoxy) is 1. The van der Waals surface area contributed by atoms with Crippen LogP contribution in [-0.4, -0.2) is 11.2 Å². The van der Waals surface area contributed by atoms with Crippen LogP contribution in [0.1, 0.15) is 11.7 Å². The Hall–Kier alpha value is -4.77. The molecule has 4 nitrogen and oxygen atoms in total. The number of hydrogen-bond donors (Lipinski definition) is 1. The van der Waals surface area contributed by atoms with Crippen molar-refractivity contribution in [3.8, 4) is 33.7 Å². The quantitative estimate of drug-likeness (QED) is 0.148. The zero-order chi connectivity index (χ0) is 25.9. The molecule has 1 unspecified atom stereocenters. The van der Waals surface area contributed by atoms with Crippen molar-refractivity contribution in [1.29, 1.82) is 0 Å². The lowest BCUT2D eigenvalue weighted by atomic mass is 9.83. The van der Waals surface area contributed by atoms with Gasteiger partial charge in [-0.15, -0.1) is 0 Å². The Morgan fingerprint density at radius 2 is 1.31 bits per heavy atom. The first-order valence-electron chi connectivity index (χ1n) is 13.1. The van der Waals surface area contributed by atoms with Gasteiger partial charge >= 0.3 is 0 Å². The number of nitrogens with two attached hydrogens (primary N) is 1. The van der Waals surface area contributed by atoms with Crippen molar-refractivity contribution in [2.75, 3.05) is 0 Å². The number of rotatable bonds is 4. The molecule has 0 aliphatic carbocycles. The normalized spacial score (nSPS) is 16.7. The van der Waals surface area contributed by atoms with Crippen LogP contribution in [0.3, 0.4) is 0 Å². The number of nitrogens with zero attached hydrogens (tertiary/aromatic N) is 1. The average Bonchev–Trinajstić information content (AvgIpc) is 3.47. The van der Waals surface area contributed by atoms with E-state index in [1.165, 1.54) is 43.4 Å². The van der Waals surface area contributed by atoms with Crippen LogP contribution < -0.4 is 5.73 Å². The summed E-state index contributed by atoms with van der Waals surface area (Å²) in [5.41, 5.74) is 12.8. The highest BCUT2D eigenvalue weighted by Gasteiger charge is 2.36. The summed E-state index contributed by atoms with van der Waals surface area (Å²) in [6.07, 6.45) is 3.02. The summed E-state index contributed by atoms with van der Waals surface area (Å²) in [5.74, 6) is 0.616. The molecular weight excluding hydrogens is 480 g/mol. The molecule has 4 heteroatoms. The fourth-order valence-electron chi connectivity index (χ4n) is 6.00. The molecule has 2 heterocycles. The minimum atomic E-state index is -0.229. The molecule has 1 saturated heterocycles. The van der Waals surface area contributed by atoms with E-state index in [-0.39, 0.29) is 12.3 Å². The third-order valence-electron chi connectivity index (χ3n) is 7.77. The molecule has 1 fully saturated rings. The highest BCUT2D eigenvalue weighted by Crippen LogP contribution is 2.47. The Balaban J connectivity index is 1.51. The maximum Gasteiger partial charge on any atom is 0.225 e. The lowest BCUT2D eigenvalue weighted by Crippen LogP contribution is -2.01. The fraction of sp³-hybridized carbons (Fsp3) is 0.0571. The first-order valence-corrected chi connectivity index (χ1v) is 13.1. The van der Waals surface area contributed by atoms with Crippen LogP contribution in [0.2, 0.25) is 0 Å². The van der Waals surface area contributed by atoms with Gasteiger partial charge in [0.25, 0.3) is 0 Å². The van der Waals surface area contributed by atoms with E-state index in [9.17, 15) is 0 Å². The van der Waals surface area contributed by atoms with Crippen molar-refractivity contribution in [2.24, 2.45) is 5.73 Å². The molecule has 2 N–H and O–H groups in total. The molecule has 1 aliphatic heterocycles. The van der Waals surface area contributed by atoms with Crippen LogP contribution in [0.4, 0.5) is 0 Å². The number of oxazole rings is 1. The van der Waals surface area contributed by atoms with E-state index >= 15 is 0 Å². The van der Waals surface area contributed by atoms with Crippen LogP contribution in [-0.2, 0) is 4.74 Å². The number of aromatic nitrogens is 1. The van der Waals surface area contributed by atoms with Gasteiger partial charge in [-0.25, -0.2) is 4.98 Å². The third kappa shape index (κ3) is 3.57. The summed E-state index contributed by atoms with van der Waals surface area (Å²) in [6.45, 7) is 0. The molecule has 1 aromatic heterocycles. The summed E-state index contributed by atoms with van der Waals surface area (Å²) in [6, 6.07) is 39.0. The third-order valence-corrected chi connectivity index (χ3v) is 7.77. The Morgan fingerprint density at radius 1 is 0.615 bits per heavy atom. The summed E-state index contributed by atoms with van der Waals surface area (Å²) >= 11 is 0.